The van der Waals surface area contributed by atoms with E-state index < -0.39 is 23.4 Å². The molecule has 0 N–H and O–H groups in total. The number of anilines is 1. The maximum Gasteiger partial charge on any atom is 0.311 e. The summed E-state index contributed by atoms with van der Waals surface area (Å²) < 4.78 is 4.93. The van der Waals surface area contributed by atoms with E-state index in [-0.39, 0.29) is 24.2 Å². The maximum absolute atomic E-state index is 12.3. The number of benzene rings is 2. The van der Waals surface area contributed by atoms with Crippen molar-refractivity contribution in [1.29, 1.82) is 5.26 Å². The summed E-state index contributed by atoms with van der Waals surface area (Å²) >= 11 is 0. The van der Waals surface area contributed by atoms with Crippen molar-refractivity contribution in [3.05, 3.63) is 70.3 Å². The second-order valence-electron chi connectivity index (χ2n) is 5.20. The van der Waals surface area contributed by atoms with Crippen molar-refractivity contribution < 1.29 is 19.2 Å². The summed E-state index contributed by atoms with van der Waals surface area (Å²) in [6.07, 6.45) is -0.325. The number of para-hydroxylation sites is 2. The Balaban J connectivity index is 1.99. The third-order valence-corrected chi connectivity index (χ3v) is 3.48. The largest absolute Gasteiger partial charge is 0.455 e. The lowest BCUT2D eigenvalue weighted by Crippen LogP contribution is -2.35. The summed E-state index contributed by atoms with van der Waals surface area (Å²) in [5.74, 6) is -1.33. The Kier molecular flexibility index (Phi) is 6.40. The molecule has 0 aliphatic rings. The van der Waals surface area contributed by atoms with Gasteiger partial charge in [0.2, 0.25) is 0 Å². The molecule has 8 nitrogen and oxygen atoms in total. The van der Waals surface area contributed by atoms with E-state index in [2.05, 4.69) is 0 Å². The second-order valence-corrected chi connectivity index (χ2v) is 5.20. The van der Waals surface area contributed by atoms with E-state index in [9.17, 15) is 19.7 Å². The number of hydrogen-bond acceptors (Lipinski definition) is 6. The van der Waals surface area contributed by atoms with Gasteiger partial charge in [-0.15, -0.1) is 0 Å². The summed E-state index contributed by atoms with van der Waals surface area (Å²) in [6, 6.07) is 16.2. The number of nitriles is 1. The molecule has 0 saturated carbocycles. The van der Waals surface area contributed by atoms with E-state index in [0.29, 0.717) is 5.69 Å². The number of nitrogens with zero attached hydrogens (tertiary/aromatic N) is 3. The minimum Gasteiger partial charge on any atom is -0.455 e. The van der Waals surface area contributed by atoms with Crippen molar-refractivity contribution in [3.63, 3.8) is 0 Å². The number of hydrogen-bond donors (Lipinski definition) is 0. The highest BCUT2D eigenvalue weighted by molar-refractivity contribution is 5.95. The molecule has 8 heteroatoms. The molecular formula is C18H15N3O5. The Hall–Kier alpha value is -3.73. The average Bonchev–Trinajstić information content (AvgIpc) is 2.65. The number of nitro benzene ring substituents is 1. The summed E-state index contributed by atoms with van der Waals surface area (Å²) in [4.78, 5) is 35.7. The van der Waals surface area contributed by atoms with Crippen LogP contribution in [0.1, 0.15) is 5.56 Å². The average molecular weight is 353 g/mol. The first-order valence-electron chi connectivity index (χ1n) is 7.63. The fourth-order valence-electron chi connectivity index (χ4n) is 2.27. The molecule has 0 saturated heterocycles. The lowest BCUT2D eigenvalue weighted by Gasteiger charge is -2.19. The SMILES string of the molecule is N#CCN(C(=O)COC(=O)Cc1ccccc1[N+](=O)[O-])c1ccccc1. The standard InChI is InChI=1S/C18H15N3O5/c19-10-11-20(15-7-2-1-3-8-15)17(22)13-26-18(23)12-14-6-4-5-9-16(14)21(24)25/h1-9H,11-13H2. The minimum absolute atomic E-state index is 0.189. The van der Waals surface area contributed by atoms with E-state index >= 15 is 0 Å². The van der Waals surface area contributed by atoms with Gasteiger partial charge < -0.3 is 4.74 Å². The molecule has 0 radical (unpaired) electrons. The normalized spacial score (nSPS) is 9.81. The third-order valence-electron chi connectivity index (χ3n) is 3.48. The summed E-state index contributed by atoms with van der Waals surface area (Å²) in [6.45, 7) is -0.749. The Labute approximate surface area is 149 Å². The van der Waals surface area contributed by atoms with Crippen LogP contribution in [0.5, 0.6) is 0 Å². The fraction of sp³-hybridized carbons (Fsp3) is 0.167. The van der Waals surface area contributed by atoms with Crippen LogP contribution in [-0.4, -0.2) is 30.0 Å². The Morgan fingerprint density at radius 2 is 1.77 bits per heavy atom. The molecule has 0 aromatic heterocycles. The van der Waals surface area contributed by atoms with Crippen molar-refractivity contribution in [2.24, 2.45) is 0 Å². The van der Waals surface area contributed by atoms with Crippen LogP contribution < -0.4 is 4.90 Å². The van der Waals surface area contributed by atoms with Crippen LogP contribution in [0.3, 0.4) is 0 Å². The molecule has 0 unspecified atom stereocenters. The fourth-order valence-corrected chi connectivity index (χ4v) is 2.27. The van der Waals surface area contributed by atoms with E-state index in [0.717, 1.165) is 0 Å². The summed E-state index contributed by atoms with van der Waals surface area (Å²) in [7, 11) is 0. The molecule has 2 aromatic rings. The molecule has 0 aliphatic heterocycles. The smallest absolute Gasteiger partial charge is 0.311 e. The zero-order valence-corrected chi connectivity index (χ0v) is 13.7. The first kappa shape index (κ1) is 18.6. The first-order valence-corrected chi connectivity index (χ1v) is 7.63. The topological polar surface area (TPSA) is 114 Å². The predicted octanol–water partition coefficient (Wildman–Crippen LogP) is 2.24. The number of nitro groups is 1. The van der Waals surface area contributed by atoms with Crippen LogP contribution in [0.2, 0.25) is 0 Å². The Morgan fingerprint density at radius 1 is 1.12 bits per heavy atom. The molecule has 0 aliphatic carbocycles. The highest BCUT2D eigenvalue weighted by Gasteiger charge is 2.20. The zero-order chi connectivity index (χ0) is 18.9. The summed E-state index contributed by atoms with van der Waals surface area (Å²) in [5.41, 5.74) is 0.520. The lowest BCUT2D eigenvalue weighted by molar-refractivity contribution is -0.385. The molecule has 0 fully saturated rings. The van der Waals surface area contributed by atoms with Gasteiger partial charge in [-0.3, -0.25) is 24.6 Å². The van der Waals surface area contributed by atoms with Crippen LogP contribution in [0, 0.1) is 21.4 Å². The molecule has 2 rings (SSSR count). The van der Waals surface area contributed by atoms with Crippen molar-refractivity contribution in [1.82, 2.24) is 0 Å². The Bertz CT molecular complexity index is 845. The van der Waals surface area contributed by atoms with Gasteiger partial charge in [-0.2, -0.15) is 5.26 Å². The van der Waals surface area contributed by atoms with Gasteiger partial charge in [0.05, 0.1) is 17.4 Å². The van der Waals surface area contributed by atoms with Gasteiger partial charge >= 0.3 is 5.97 Å². The lowest BCUT2D eigenvalue weighted by atomic mass is 10.1. The van der Waals surface area contributed by atoms with Gasteiger partial charge in [-0.25, -0.2) is 0 Å². The van der Waals surface area contributed by atoms with E-state index in [1.807, 2.05) is 6.07 Å². The zero-order valence-electron chi connectivity index (χ0n) is 13.7. The van der Waals surface area contributed by atoms with Crippen LogP contribution in [0.4, 0.5) is 11.4 Å². The van der Waals surface area contributed by atoms with Gasteiger partial charge in [-0.05, 0) is 12.1 Å². The number of ether oxygens (including phenoxy) is 1. The second kappa shape index (κ2) is 8.94. The van der Waals surface area contributed by atoms with Gasteiger partial charge in [0.1, 0.15) is 6.54 Å². The van der Waals surface area contributed by atoms with E-state index in [1.54, 1.807) is 36.4 Å². The molecule has 0 heterocycles. The quantitative estimate of drug-likeness (QED) is 0.326. The van der Waals surface area contributed by atoms with Crippen LogP contribution in [0.25, 0.3) is 0 Å². The molecular weight excluding hydrogens is 338 g/mol. The minimum atomic E-state index is -0.766. The molecule has 1 amide bonds. The molecule has 2 aromatic carbocycles. The molecule has 26 heavy (non-hydrogen) atoms. The van der Waals surface area contributed by atoms with Gasteiger partial charge in [0, 0.05) is 17.3 Å². The van der Waals surface area contributed by atoms with E-state index in [4.69, 9.17) is 10.00 Å². The van der Waals surface area contributed by atoms with Crippen LogP contribution >= 0.6 is 0 Å². The number of esters is 1. The monoisotopic (exact) mass is 353 g/mol. The highest BCUT2D eigenvalue weighted by Crippen LogP contribution is 2.18. The molecule has 132 valence electrons. The third kappa shape index (κ3) is 4.88. The van der Waals surface area contributed by atoms with Crippen molar-refractivity contribution in [2.45, 2.75) is 6.42 Å². The number of carbonyl (C=O) groups is 2. The summed E-state index contributed by atoms with van der Waals surface area (Å²) in [5, 5.41) is 19.8. The molecule has 0 spiro atoms. The van der Waals surface area contributed by atoms with Crippen LogP contribution in [0.15, 0.2) is 54.6 Å². The van der Waals surface area contributed by atoms with Gasteiger partial charge in [0.25, 0.3) is 11.6 Å². The van der Waals surface area contributed by atoms with Crippen molar-refractivity contribution in [2.75, 3.05) is 18.1 Å². The molecule has 0 atom stereocenters. The maximum atomic E-state index is 12.3. The van der Waals surface area contributed by atoms with Gasteiger partial charge in [0.15, 0.2) is 6.61 Å². The van der Waals surface area contributed by atoms with Crippen molar-refractivity contribution >= 4 is 23.3 Å². The Morgan fingerprint density at radius 3 is 2.42 bits per heavy atom. The molecule has 0 bridgehead atoms. The predicted molar refractivity (Wildman–Crippen MR) is 92.2 cm³/mol. The number of rotatable bonds is 7. The van der Waals surface area contributed by atoms with Crippen molar-refractivity contribution in [3.8, 4) is 6.07 Å². The number of carbonyl (C=O) groups excluding carboxylic acids is 2. The first-order chi connectivity index (χ1) is 12.5. The van der Waals surface area contributed by atoms with Gasteiger partial charge in [-0.1, -0.05) is 36.4 Å². The van der Waals surface area contributed by atoms with Crippen LogP contribution in [-0.2, 0) is 20.7 Å². The van der Waals surface area contributed by atoms with E-state index in [1.165, 1.54) is 23.1 Å². The highest BCUT2D eigenvalue weighted by atomic mass is 16.6. The number of amides is 1.